The van der Waals surface area contributed by atoms with Gasteiger partial charge in [0.25, 0.3) is 0 Å². The Morgan fingerprint density at radius 1 is 1.29 bits per heavy atom. The Morgan fingerprint density at radius 3 is 2.71 bits per heavy atom. The number of rotatable bonds is 3. The molecule has 0 saturated carbocycles. The maximum atomic E-state index is 13.0. The Morgan fingerprint density at radius 2 is 2.00 bits per heavy atom. The van der Waals surface area contributed by atoms with E-state index in [1.165, 1.54) is 36.9 Å². The second-order valence-electron chi connectivity index (χ2n) is 3.63. The van der Waals surface area contributed by atoms with Crippen LogP contribution in [0.5, 0.6) is 0 Å². The lowest BCUT2D eigenvalue weighted by Crippen LogP contribution is -2.03. The summed E-state index contributed by atoms with van der Waals surface area (Å²) in [6.45, 7) is 0. The van der Waals surface area contributed by atoms with Gasteiger partial charge < -0.3 is 5.11 Å². The van der Waals surface area contributed by atoms with E-state index in [0.29, 0.717) is 16.1 Å². The second-order valence-corrected chi connectivity index (χ2v) is 4.03. The van der Waals surface area contributed by atoms with Crippen molar-refractivity contribution in [1.29, 1.82) is 0 Å². The molecule has 1 aromatic heterocycles. The van der Waals surface area contributed by atoms with Crippen LogP contribution in [0.25, 0.3) is 0 Å². The highest BCUT2D eigenvalue weighted by molar-refractivity contribution is 6.31. The third kappa shape index (κ3) is 2.99. The van der Waals surface area contributed by atoms with E-state index in [1.54, 1.807) is 0 Å². The molecule has 0 radical (unpaired) electrons. The molecule has 0 amide bonds. The van der Waals surface area contributed by atoms with Crippen molar-refractivity contribution in [3.63, 3.8) is 0 Å². The normalized spacial score (nSPS) is 12.4. The third-order valence-electron chi connectivity index (χ3n) is 2.39. The van der Waals surface area contributed by atoms with Gasteiger partial charge in [0, 0.05) is 29.4 Å². The predicted molar refractivity (Wildman–Crippen MR) is 62.1 cm³/mol. The SMILES string of the molecule is OC(Cc1cc(F)ccc1Cl)c1cncnc1. The van der Waals surface area contributed by atoms with Crippen molar-refractivity contribution >= 4 is 11.6 Å². The van der Waals surface area contributed by atoms with Gasteiger partial charge in [0.05, 0.1) is 6.10 Å². The topological polar surface area (TPSA) is 46.0 Å². The van der Waals surface area contributed by atoms with Gasteiger partial charge >= 0.3 is 0 Å². The molecule has 0 aliphatic carbocycles. The lowest BCUT2D eigenvalue weighted by Gasteiger charge is -2.11. The van der Waals surface area contributed by atoms with Crippen molar-refractivity contribution in [2.75, 3.05) is 0 Å². The maximum absolute atomic E-state index is 13.0. The molecule has 0 aliphatic rings. The predicted octanol–water partition coefficient (Wildman–Crippen LogP) is 2.55. The first-order valence-corrected chi connectivity index (χ1v) is 5.41. The number of halogens is 2. The molecule has 17 heavy (non-hydrogen) atoms. The summed E-state index contributed by atoms with van der Waals surface area (Å²) in [6.07, 6.45) is 3.85. The molecular formula is C12H10ClFN2O. The number of aliphatic hydroxyl groups excluding tert-OH is 1. The van der Waals surface area contributed by atoms with E-state index in [-0.39, 0.29) is 12.2 Å². The number of nitrogens with zero attached hydrogens (tertiary/aromatic N) is 2. The van der Waals surface area contributed by atoms with Crippen LogP contribution in [0.2, 0.25) is 5.02 Å². The summed E-state index contributed by atoms with van der Waals surface area (Å²) in [5, 5.41) is 10.4. The van der Waals surface area contributed by atoms with Crippen molar-refractivity contribution in [2.24, 2.45) is 0 Å². The molecule has 0 aliphatic heterocycles. The van der Waals surface area contributed by atoms with Crippen LogP contribution in [-0.2, 0) is 6.42 Å². The summed E-state index contributed by atoms with van der Waals surface area (Å²) in [4.78, 5) is 7.62. The van der Waals surface area contributed by atoms with Crippen LogP contribution in [0.4, 0.5) is 4.39 Å². The van der Waals surface area contributed by atoms with Gasteiger partial charge in [-0.25, -0.2) is 14.4 Å². The standard InChI is InChI=1S/C12H10ClFN2O/c13-11-2-1-10(14)3-8(11)4-12(17)9-5-15-7-16-6-9/h1-3,5-7,12,17H,4H2. The van der Waals surface area contributed by atoms with Gasteiger partial charge in [-0.05, 0) is 23.8 Å². The summed E-state index contributed by atoms with van der Waals surface area (Å²) < 4.78 is 13.0. The number of benzene rings is 1. The number of hydrogen-bond donors (Lipinski definition) is 1. The van der Waals surface area contributed by atoms with Gasteiger partial charge in [0.15, 0.2) is 0 Å². The molecule has 3 nitrogen and oxygen atoms in total. The molecule has 5 heteroatoms. The van der Waals surface area contributed by atoms with E-state index < -0.39 is 6.10 Å². The molecule has 1 aromatic carbocycles. The zero-order valence-electron chi connectivity index (χ0n) is 8.85. The largest absolute Gasteiger partial charge is 0.388 e. The van der Waals surface area contributed by atoms with E-state index >= 15 is 0 Å². The van der Waals surface area contributed by atoms with Gasteiger partial charge in [0.2, 0.25) is 0 Å². The first-order chi connectivity index (χ1) is 8.16. The molecule has 1 N–H and O–H groups in total. The highest BCUT2D eigenvalue weighted by Gasteiger charge is 2.12. The van der Waals surface area contributed by atoms with E-state index in [9.17, 15) is 9.50 Å². The summed E-state index contributed by atoms with van der Waals surface area (Å²) in [6, 6.07) is 4.07. The maximum Gasteiger partial charge on any atom is 0.123 e. The molecule has 0 saturated heterocycles. The van der Waals surface area contributed by atoms with Gasteiger partial charge in [-0.3, -0.25) is 0 Å². The summed E-state index contributed by atoms with van der Waals surface area (Å²) >= 11 is 5.92. The Hall–Kier alpha value is -1.52. The molecule has 2 rings (SSSR count). The molecular weight excluding hydrogens is 243 g/mol. The zero-order chi connectivity index (χ0) is 12.3. The van der Waals surface area contributed by atoms with E-state index in [1.807, 2.05) is 0 Å². The summed E-state index contributed by atoms with van der Waals surface area (Å²) in [5.74, 6) is -0.374. The van der Waals surface area contributed by atoms with Crippen molar-refractivity contribution in [3.8, 4) is 0 Å². The highest BCUT2D eigenvalue weighted by Crippen LogP contribution is 2.23. The quantitative estimate of drug-likeness (QED) is 0.913. The molecule has 0 fully saturated rings. The minimum atomic E-state index is -0.796. The van der Waals surface area contributed by atoms with Crippen LogP contribution in [-0.4, -0.2) is 15.1 Å². The lowest BCUT2D eigenvalue weighted by atomic mass is 10.0. The Labute approximate surface area is 103 Å². The van der Waals surface area contributed by atoms with Gasteiger partial charge in [-0.15, -0.1) is 0 Å². The van der Waals surface area contributed by atoms with Crippen LogP contribution < -0.4 is 0 Å². The van der Waals surface area contributed by atoms with Crippen LogP contribution >= 0.6 is 11.6 Å². The molecule has 2 aromatic rings. The van der Waals surface area contributed by atoms with Crippen molar-refractivity contribution in [1.82, 2.24) is 9.97 Å². The smallest absolute Gasteiger partial charge is 0.123 e. The average molecular weight is 253 g/mol. The molecule has 1 unspecified atom stereocenters. The lowest BCUT2D eigenvalue weighted by molar-refractivity contribution is 0.177. The molecule has 88 valence electrons. The fraction of sp³-hybridized carbons (Fsp3) is 0.167. The summed E-state index contributed by atoms with van der Waals surface area (Å²) in [7, 11) is 0. The van der Waals surface area contributed by atoms with Gasteiger partial charge in [-0.2, -0.15) is 0 Å². The van der Waals surface area contributed by atoms with E-state index in [4.69, 9.17) is 11.6 Å². The zero-order valence-corrected chi connectivity index (χ0v) is 9.60. The van der Waals surface area contributed by atoms with E-state index in [0.717, 1.165) is 0 Å². The van der Waals surface area contributed by atoms with Gasteiger partial charge in [-0.1, -0.05) is 11.6 Å². The van der Waals surface area contributed by atoms with Crippen LogP contribution in [0, 0.1) is 5.82 Å². The molecule has 0 bridgehead atoms. The van der Waals surface area contributed by atoms with Crippen molar-refractivity contribution in [3.05, 3.63) is 58.9 Å². The fourth-order valence-corrected chi connectivity index (χ4v) is 1.70. The fourth-order valence-electron chi connectivity index (χ4n) is 1.51. The van der Waals surface area contributed by atoms with Crippen molar-refractivity contribution < 1.29 is 9.50 Å². The van der Waals surface area contributed by atoms with Crippen molar-refractivity contribution in [2.45, 2.75) is 12.5 Å². The Kier molecular flexibility index (Phi) is 3.66. The van der Waals surface area contributed by atoms with Gasteiger partial charge in [0.1, 0.15) is 12.1 Å². The molecule has 1 heterocycles. The monoisotopic (exact) mass is 252 g/mol. The second kappa shape index (κ2) is 5.21. The highest BCUT2D eigenvalue weighted by atomic mass is 35.5. The Bertz CT molecular complexity index is 507. The molecule has 0 spiro atoms. The average Bonchev–Trinajstić information content (AvgIpc) is 2.35. The number of aromatic nitrogens is 2. The van der Waals surface area contributed by atoms with Crippen LogP contribution in [0.15, 0.2) is 36.9 Å². The Balaban J connectivity index is 2.18. The first-order valence-electron chi connectivity index (χ1n) is 5.03. The first kappa shape index (κ1) is 12.0. The third-order valence-corrected chi connectivity index (χ3v) is 2.76. The van der Waals surface area contributed by atoms with Crippen LogP contribution in [0.1, 0.15) is 17.2 Å². The van der Waals surface area contributed by atoms with E-state index in [2.05, 4.69) is 9.97 Å². The van der Waals surface area contributed by atoms with Crippen LogP contribution in [0.3, 0.4) is 0 Å². The molecule has 1 atom stereocenters. The minimum absolute atomic E-state index is 0.226. The summed E-state index contributed by atoms with van der Waals surface area (Å²) in [5.41, 5.74) is 1.14. The number of hydrogen-bond acceptors (Lipinski definition) is 3. The minimum Gasteiger partial charge on any atom is -0.388 e. The number of aliphatic hydroxyl groups is 1.